The van der Waals surface area contributed by atoms with E-state index in [0.717, 1.165) is 76.9 Å². The lowest BCUT2D eigenvalue weighted by Crippen LogP contribution is -2.39. The fourth-order valence-electron chi connectivity index (χ4n) is 5.41. The van der Waals surface area contributed by atoms with E-state index in [1.165, 1.54) is 0 Å². The number of fused-ring (bicyclic) bond motifs is 1. The third-order valence-electron chi connectivity index (χ3n) is 7.64. The monoisotopic (exact) mass is 524 g/mol. The molecule has 2 aromatic carbocycles. The summed E-state index contributed by atoms with van der Waals surface area (Å²) < 4.78 is 16.7. The van der Waals surface area contributed by atoms with Crippen LogP contribution >= 0.6 is 0 Å². The van der Waals surface area contributed by atoms with Gasteiger partial charge in [-0.15, -0.1) is 0 Å². The Morgan fingerprint density at radius 1 is 0.974 bits per heavy atom. The number of aromatic nitrogens is 3. The lowest BCUT2D eigenvalue weighted by atomic mass is 9.85. The number of H-pyrrole nitrogens is 1. The van der Waals surface area contributed by atoms with Gasteiger partial charge < -0.3 is 24.1 Å². The van der Waals surface area contributed by atoms with E-state index < -0.39 is 0 Å². The van der Waals surface area contributed by atoms with Crippen LogP contribution in [0.4, 0.5) is 4.79 Å². The van der Waals surface area contributed by atoms with Crippen molar-refractivity contribution in [3.63, 3.8) is 0 Å². The maximum absolute atomic E-state index is 12.7. The summed E-state index contributed by atoms with van der Waals surface area (Å²) in [4.78, 5) is 27.9. The number of ether oxygens (including phenoxy) is 3. The van der Waals surface area contributed by atoms with Crippen molar-refractivity contribution in [3.8, 4) is 34.1 Å². The molecule has 6 rings (SSSR count). The number of hydrogen-bond donors (Lipinski definition) is 1. The fraction of sp³-hybridized carbons (Fsp3) is 0.323. The predicted molar refractivity (Wildman–Crippen MR) is 148 cm³/mol. The predicted octanol–water partition coefficient (Wildman–Crippen LogP) is 6.47. The van der Waals surface area contributed by atoms with Crippen LogP contribution in [0.3, 0.4) is 0 Å². The number of hydrogen-bond acceptors (Lipinski definition) is 6. The molecular formula is C31H32N4O4. The Labute approximate surface area is 228 Å². The Bertz CT molecular complexity index is 1460. The van der Waals surface area contributed by atoms with Gasteiger partial charge in [-0.25, -0.2) is 9.78 Å². The highest BCUT2D eigenvalue weighted by molar-refractivity contribution is 5.78. The number of nitrogens with zero attached hydrogens (tertiary/aromatic N) is 3. The Hall–Kier alpha value is -4.33. The first kappa shape index (κ1) is 25.0. The van der Waals surface area contributed by atoms with E-state index in [1.54, 1.807) is 4.90 Å². The normalized spacial score (nSPS) is 18.1. The Balaban J connectivity index is 1.18. The molecule has 1 aliphatic carbocycles. The van der Waals surface area contributed by atoms with Gasteiger partial charge in [0.05, 0.1) is 17.1 Å². The topological polar surface area (TPSA) is 89.6 Å². The summed E-state index contributed by atoms with van der Waals surface area (Å²) in [5.74, 6) is 2.69. The molecule has 8 heteroatoms. The molecule has 0 atom stereocenters. The van der Waals surface area contributed by atoms with E-state index in [-0.39, 0.29) is 31.5 Å². The molecule has 0 radical (unpaired) electrons. The first-order chi connectivity index (χ1) is 19.0. The maximum Gasteiger partial charge on any atom is 0.410 e. The van der Waals surface area contributed by atoms with Crippen LogP contribution in [0.1, 0.15) is 48.7 Å². The molecule has 1 N–H and O–H groups in total. The van der Waals surface area contributed by atoms with E-state index in [2.05, 4.69) is 4.98 Å². The second-order valence-corrected chi connectivity index (χ2v) is 10.2. The molecule has 1 aliphatic heterocycles. The Kier molecular flexibility index (Phi) is 6.92. The van der Waals surface area contributed by atoms with Gasteiger partial charge in [-0.2, -0.15) is 0 Å². The van der Waals surface area contributed by atoms with Crippen molar-refractivity contribution < 1.29 is 19.0 Å². The van der Waals surface area contributed by atoms with E-state index >= 15 is 0 Å². The summed E-state index contributed by atoms with van der Waals surface area (Å²) in [7, 11) is 1.84. The van der Waals surface area contributed by atoms with Crippen LogP contribution in [0.25, 0.3) is 22.6 Å². The Morgan fingerprint density at radius 2 is 1.77 bits per heavy atom. The van der Waals surface area contributed by atoms with Crippen LogP contribution in [0.5, 0.6) is 11.5 Å². The maximum atomic E-state index is 12.7. The number of aryl methyl sites for hydroxylation is 1. The summed E-state index contributed by atoms with van der Waals surface area (Å²) in [6.07, 6.45) is 3.35. The number of carbonyl (C=O) groups is 1. The summed E-state index contributed by atoms with van der Waals surface area (Å²) >= 11 is 0. The summed E-state index contributed by atoms with van der Waals surface area (Å²) in [6, 6.07) is 21.8. The van der Waals surface area contributed by atoms with Crippen molar-refractivity contribution in [3.05, 3.63) is 83.8 Å². The van der Waals surface area contributed by atoms with Gasteiger partial charge in [0.1, 0.15) is 12.4 Å². The highest BCUT2D eigenvalue weighted by Gasteiger charge is 2.30. The summed E-state index contributed by atoms with van der Waals surface area (Å²) in [5, 5.41) is 0. The van der Waals surface area contributed by atoms with E-state index in [0.29, 0.717) is 0 Å². The van der Waals surface area contributed by atoms with Gasteiger partial charge in [-0.05, 0) is 68.5 Å². The minimum Gasteiger partial charge on any atom is -0.454 e. The standard InChI is InChI=1S/C31H32N4O4/c1-20-7-6-10-25(32-20)29-28(23-13-16-26-27(17-23)39-19-38-26)33-30(34-29)22-11-14-24(15-12-22)35(2)31(36)37-18-21-8-4-3-5-9-21/h3-10,13,16-17,22,24H,11-12,14-15,18-19H2,1-2H3,(H,33,34). The fourth-order valence-corrected chi connectivity index (χ4v) is 5.41. The molecule has 4 aromatic rings. The van der Waals surface area contributed by atoms with E-state index in [1.807, 2.05) is 80.7 Å². The largest absolute Gasteiger partial charge is 0.454 e. The first-order valence-electron chi connectivity index (χ1n) is 13.4. The molecule has 0 unspecified atom stereocenters. The van der Waals surface area contributed by atoms with Crippen molar-refractivity contribution in [1.29, 1.82) is 0 Å². The molecule has 0 spiro atoms. The first-order valence-corrected chi connectivity index (χ1v) is 13.4. The SMILES string of the molecule is Cc1cccc(-c2[nH]c(C3CCC(N(C)C(=O)OCc4ccccc4)CC3)nc2-c2ccc3c(c2)OCO3)n1. The highest BCUT2D eigenvalue weighted by Crippen LogP contribution is 2.40. The summed E-state index contributed by atoms with van der Waals surface area (Å²) in [6.45, 7) is 2.50. The Morgan fingerprint density at radius 3 is 2.56 bits per heavy atom. The van der Waals surface area contributed by atoms with Crippen LogP contribution in [0.2, 0.25) is 0 Å². The molecule has 1 fully saturated rings. The van der Waals surface area contributed by atoms with E-state index in [4.69, 9.17) is 24.2 Å². The van der Waals surface area contributed by atoms with Gasteiger partial charge in [-0.1, -0.05) is 36.4 Å². The average molecular weight is 525 g/mol. The second-order valence-electron chi connectivity index (χ2n) is 10.2. The van der Waals surface area contributed by atoms with Crippen LogP contribution in [0.15, 0.2) is 66.7 Å². The van der Waals surface area contributed by atoms with Crippen molar-refractivity contribution in [2.24, 2.45) is 0 Å². The van der Waals surface area contributed by atoms with Crippen molar-refractivity contribution in [2.75, 3.05) is 13.8 Å². The van der Waals surface area contributed by atoms with Gasteiger partial charge in [0.25, 0.3) is 0 Å². The highest BCUT2D eigenvalue weighted by atomic mass is 16.7. The molecule has 8 nitrogen and oxygen atoms in total. The molecular weight excluding hydrogens is 492 g/mol. The zero-order valence-corrected chi connectivity index (χ0v) is 22.2. The average Bonchev–Trinajstić information content (AvgIpc) is 3.63. The van der Waals surface area contributed by atoms with Gasteiger partial charge >= 0.3 is 6.09 Å². The molecule has 200 valence electrons. The minimum absolute atomic E-state index is 0.144. The number of imidazole rings is 1. The zero-order chi connectivity index (χ0) is 26.8. The summed E-state index contributed by atoms with van der Waals surface area (Å²) in [5.41, 5.74) is 5.49. The molecule has 0 bridgehead atoms. The van der Waals surface area contributed by atoms with Crippen molar-refractivity contribution in [2.45, 2.75) is 51.2 Å². The van der Waals surface area contributed by atoms with Crippen molar-refractivity contribution >= 4 is 6.09 Å². The lowest BCUT2D eigenvalue weighted by molar-refractivity contribution is 0.0819. The third-order valence-corrected chi connectivity index (χ3v) is 7.64. The number of benzene rings is 2. The molecule has 0 saturated heterocycles. The van der Waals surface area contributed by atoms with Crippen LogP contribution in [-0.4, -0.2) is 45.8 Å². The van der Waals surface area contributed by atoms with E-state index in [9.17, 15) is 4.79 Å². The van der Waals surface area contributed by atoms with Gasteiger partial charge in [0.2, 0.25) is 6.79 Å². The van der Waals surface area contributed by atoms with Crippen LogP contribution < -0.4 is 9.47 Å². The molecule has 39 heavy (non-hydrogen) atoms. The molecule has 2 aromatic heterocycles. The minimum atomic E-state index is -0.279. The smallest absolute Gasteiger partial charge is 0.410 e. The number of aromatic amines is 1. The number of pyridine rings is 1. The van der Waals surface area contributed by atoms with Gasteiger partial charge in [0, 0.05) is 30.3 Å². The number of rotatable bonds is 6. The third kappa shape index (κ3) is 5.32. The molecule has 3 heterocycles. The molecule has 2 aliphatic rings. The quantitative estimate of drug-likeness (QED) is 0.311. The van der Waals surface area contributed by atoms with Crippen LogP contribution in [0, 0.1) is 6.92 Å². The van der Waals surface area contributed by atoms with Crippen LogP contribution in [-0.2, 0) is 11.3 Å². The van der Waals surface area contributed by atoms with Gasteiger partial charge in [-0.3, -0.25) is 4.98 Å². The second kappa shape index (κ2) is 10.8. The lowest BCUT2D eigenvalue weighted by Gasteiger charge is -2.33. The zero-order valence-electron chi connectivity index (χ0n) is 22.2. The molecule has 1 amide bonds. The number of nitrogens with one attached hydrogen (secondary N) is 1. The molecule has 1 saturated carbocycles. The van der Waals surface area contributed by atoms with Crippen molar-refractivity contribution in [1.82, 2.24) is 19.9 Å². The number of amides is 1. The number of carbonyl (C=O) groups excluding carboxylic acids is 1. The van der Waals surface area contributed by atoms with Gasteiger partial charge in [0.15, 0.2) is 11.5 Å².